The van der Waals surface area contributed by atoms with E-state index < -0.39 is 5.54 Å². The highest BCUT2D eigenvalue weighted by Crippen LogP contribution is 2.40. The average Bonchev–Trinajstić information content (AvgIpc) is 3.42. The van der Waals surface area contributed by atoms with Crippen LogP contribution >= 0.6 is 0 Å². The molecule has 26 heavy (non-hydrogen) atoms. The summed E-state index contributed by atoms with van der Waals surface area (Å²) in [5, 5.41) is 12.8. The maximum Gasteiger partial charge on any atom is 0.315 e. The molecule has 1 saturated heterocycles. The maximum absolute atomic E-state index is 12.5. The smallest absolute Gasteiger partial charge is 0.315 e. The number of aryl methyl sites for hydroxylation is 1. The van der Waals surface area contributed by atoms with E-state index in [-0.39, 0.29) is 17.6 Å². The van der Waals surface area contributed by atoms with Crippen molar-refractivity contribution in [2.45, 2.75) is 25.3 Å². The molecule has 8 heteroatoms. The molecule has 0 bridgehead atoms. The van der Waals surface area contributed by atoms with Crippen LogP contribution in [0.4, 0.5) is 10.5 Å². The zero-order valence-electron chi connectivity index (χ0n) is 15.0. The molecule has 3 amide bonds. The number of benzene rings is 1. The third kappa shape index (κ3) is 4.19. The van der Waals surface area contributed by atoms with Crippen molar-refractivity contribution >= 4 is 29.6 Å². The third-order valence-electron chi connectivity index (χ3n) is 4.69. The van der Waals surface area contributed by atoms with Gasteiger partial charge in [0.1, 0.15) is 0 Å². The van der Waals surface area contributed by atoms with Crippen LogP contribution in [0.2, 0.25) is 0 Å². The van der Waals surface area contributed by atoms with Crippen LogP contribution in [0, 0.1) is 12.8 Å². The summed E-state index contributed by atoms with van der Waals surface area (Å²) in [7, 11) is 1.58. The summed E-state index contributed by atoms with van der Waals surface area (Å²) in [5.41, 5.74) is 4.57. The summed E-state index contributed by atoms with van der Waals surface area (Å²) in [5.74, 6) is 0.0593. The second-order valence-corrected chi connectivity index (χ2v) is 6.78. The molecule has 138 valence electrons. The normalized spacial score (nSPS) is 22.8. The van der Waals surface area contributed by atoms with Gasteiger partial charge < -0.3 is 16.0 Å². The van der Waals surface area contributed by atoms with E-state index in [0.717, 1.165) is 24.1 Å². The van der Waals surface area contributed by atoms with E-state index in [1.54, 1.807) is 7.05 Å². The molecule has 1 aliphatic carbocycles. The second-order valence-electron chi connectivity index (χ2n) is 6.78. The number of hydrogen-bond acceptors (Lipinski definition) is 5. The Labute approximate surface area is 152 Å². The first-order chi connectivity index (χ1) is 12.5. The topological polar surface area (TPSA) is 107 Å². The first-order valence-corrected chi connectivity index (χ1v) is 8.69. The van der Waals surface area contributed by atoms with E-state index in [1.807, 2.05) is 31.2 Å². The predicted molar refractivity (Wildman–Crippen MR) is 102 cm³/mol. The Kier molecular flexibility index (Phi) is 5.20. The minimum absolute atomic E-state index is 0.177. The van der Waals surface area contributed by atoms with Gasteiger partial charge in [0.25, 0.3) is 5.91 Å². The molecule has 0 unspecified atom stereocenters. The molecule has 1 aromatic rings. The molecule has 2 aliphatic rings. The van der Waals surface area contributed by atoms with Gasteiger partial charge in [0.15, 0.2) is 5.71 Å². The zero-order chi connectivity index (χ0) is 18.6. The van der Waals surface area contributed by atoms with Crippen LogP contribution in [0.25, 0.3) is 0 Å². The van der Waals surface area contributed by atoms with Gasteiger partial charge in [-0.15, -0.1) is 0 Å². The van der Waals surface area contributed by atoms with Gasteiger partial charge in [-0.25, -0.2) is 4.79 Å². The van der Waals surface area contributed by atoms with Gasteiger partial charge in [-0.05, 0) is 37.8 Å². The molecule has 1 atom stereocenters. The summed E-state index contributed by atoms with van der Waals surface area (Å²) in [6, 6.07) is 7.51. The largest absolute Gasteiger partial charge is 0.348 e. The fourth-order valence-corrected chi connectivity index (χ4v) is 3.03. The average molecular weight is 356 g/mol. The van der Waals surface area contributed by atoms with Crippen LogP contribution in [-0.2, 0) is 4.79 Å². The number of urea groups is 1. The van der Waals surface area contributed by atoms with E-state index in [9.17, 15) is 9.59 Å². The molecule has 8 nitrogen and oxygen atoms in total. The summed E-state index contributed by atoms with van der Waals surface area (Å²) >= 11 is 0. The minimum atomic E-state index is -0.411. The van der Waals surface area contributed by atoms with Gasteiger partial charge in [0.05, 0.1) is 17.4 Å². The van der Waals surface area contributed by atoms with Crippen molar-refractivity contribution in [3.63, 3.8) is 0 Å². The number of hydrazone groups is 1. The predicted octanol–water partition coefficient (Wildman–Crippen LogP) is 1.04. The van der Waals surface area contributed by atoms with E-state index >= 15 is 0 Å². The molecule has 2 fully saturated rings. The Morgan fingerprint density at radius 3 is 2.65 bits per heavy atom. The van der Waals surface area contributed by atoms with Crippen molar-refractivity contribution in [2.75, 3.05) is 25.6 Å². The number of hydrogen-bond donors (Lipinski definition) is 4. The van der Waals surface area contributed by atoms with Crippen molar-refractivity contribution in [1.82, 2.24) is 16.0 Å². The molecule has 3 rings (SSSR count). The Bertz CT molecular complexity index is 739. The van der Waals surface area contributed by atoms with Crippen molar-refractivity contribution in [3.8, 4) is 0 Å². The lowest BCUT2D eigenvalue weighted by Gasteiger charge is -2.28. The summed E-state index contributed by atoms with van der Waals surface area (Å²) < 4.78 is 0. The molecule has 4 N–H and O–H groups in total. The Morgan fingerprint density at radius 1 is 1.35 bits per heavy atom. The highest BCUT2D eigenvalue weighted by molar-refractivity contribution is 6.60. The number of nitrogens with one attached hydrogen (secondary N) is 4. The molecule has 0 aromatic heterocycles. The number of aliphatic imine (C=N–C) groups is 1. The van der Waals surface area contributed by atoms with Crippen molar-refractivity contribution < 1.29 is 9.59 Å². The third-order valence-corrected chi connectivity index (χ3v) is 4.69. The molecule has 1 saturated carbocycles. The molecule has 0 spiro atoms. The summed E-state index contributed by atoms with van der Waals surface area (Å²) in [4.78, 5) is 28.0. The quantitative estimate of drug-likeness (QED) is 0.433. The van der Waals surface area contributed by atoms with Gasteiger partial charge in [-0.3, -0.25) is 15.2 Å². The highest BCUT2D eigenvalue weighted by atomic mass is 16.2. The zero-order valence-corrected chi connectivity index (χ0v) is 15.0. The Hall–Kier alpha value is -2.90. The van der Waals surface area contributed by atoms with Crippen LogP contribution in [0.5, 0.6) is 0 Å². The molecule has 1 aromatic carbocycles. The first-order valence-electron chi connectivity index (χ1n) is 8.69. The van der Waals surface area contributed by atoms with Gasteiger partial charge in [0, 0.05) is 20.1 Å². The van der Waals surface area contributed by atoms with E-state index in [1.165, 1.54) is 6.21 Å². The highest BCUT2D eigenvalue weighted by Gasteiger charge is 2.49. The van der Waals surface area contributed by atoms with Crippen LogP contribution in [0.3, 0.4) is 0 Å². The van der Waals surface area contributed by atoms with Crippen LogP contribution in [0.15, 0.2) is 34.4 Å². The molecule has 1 aliphatic heterocycles. The Morgan fingerprint density at radius 2 is 2.08 bits per heavy atom. The van der Waals surface area contributed by atoms with Gasteiger partial charge in [-0.1, -0.05) is 17.7 Å². The van der Waals surface area contributed by atoms with Gasteiger partial charge in [-0.2, -0.15) is 5.10 Å². The first kappa shape index (κ1) is 17.9. The van der Waals surface area contributed by atoms with E-state index in [4.69, 9.17) is 0 Å². The van der Waals surface area contributed by atoms with Crippen molar-refractivity contribution in [3.05, 3.63) is 29.8 Å². The number of rotatable bonds is 7. The number of carbonyl (C=O) groups excluding carboxylic acids is 2. The summed E-state index contributed by atoms with van der Waals surface area (Å²) in [6.45, 7) is 2.88. The second kappa shape index (κ2) is 7.55. The molecule has 1 heterocycles. The van der Waals surface area contributed by atoms with Crippen LogP contribution in [-0.4, -0.2) is 49.5 Å². The van der Waals surface area contributed by atoms with E-state index in [2.05, 4.69) is 31.5 Å². The lowest BCUT2D eigenvalue weighted by atomic mass is 9.94. The molecule has 0 radical (unpaired) electrons. The van der Waals surface area contributed by atoms with Gasteiger partial charge in [0.2, 0.25) is 0 Å². The summed E-state index contributed by atoms with van der Waals surface area (Å²) in [6.07, 6.45) is 3.53. The molecular formula is C18H24N6O2. The van der Waals surface area contributed by atoms with Crippen molar-refractivity contribution in [1.29, 1.82) is 0 Å². The fourth-order valence-electron chi connectivity index (χ4n) is 3.03. The lowest BCUT2D eigenvalue weighted by molar-refractivity contribution is -0.114. The number of carbonyl (C=O) groups is 2. The van der Waals surface area contributed by atoms with E-state index in [0.29, 0.717) is 19.0 Å². The standard InChI is InChI=1S/C18H24N6O2/c1-12-3-7-14(8-4-12)23-24-15(9-19-2)16(25)20-10-18(13-5-6-13)11-21-17(26)22-18/h3-4,7-9,13,23H,5-6,10-11H2,1-2H3,(H,20,25)(H2,21,22,26)/b19-9?,24-15+/t18-/m1/s1. The Balaban J connectivity index is 1.63. The monoisotopic (exact) mass is 356 g/mol. The van der Waals surface area contributed by atoms with Crippen LogP contribution in [0.1, 0.15) is 18.4 Å². The number of anilines is 1. The van der Waals surface area contributed by atoms with Gasteiger partial charge >= 0.3 is 6.03 Å². The number of nitrogens with zero attached hydrogens (tertiary/aromatic N) is 2. The lowest BCUT2D eigenvalue weighted by Crippen LogP contribution is -2.55. The molecular weight excluding hydrogens is 332 g/mol. The SMILES string of the molecule is CN=C/C(=N\Nc1ccc(C)cc1)C(=O)NC[C@]1(C2CC2)CNC(=O)N1. The fraction of sp³-hybridized carbons (Fsp3) is 0.444. The van der Waals surface area contributed by atoms with Crippen LogP contribution < -0.4 is 21.4 Å². The minimum Gasteiger partial charge on any atom is -0.348 e. The maximum atomic E-state index is 12.5. The van der Waals surface area contributed by atoms with Crippen molar-refractivity contribution in [2.24, 2.45) is 16.0 Å². The number of amides is 3.